The van der Waals surface area contributed by atoms with Crippen molar-refractivity contribution in [2.75, 3.05) is 0 Å². The fourth-order valence-corrected chi connectivity index (χ4v) is 5.02. The van der Waals surface area contributed by atoms with Gasteiger partial charge in [0, 0.05) is 11.1 Å². The molecule has 144 valence electrons. The zero-order chi connectivity index (χ0) is 19.3. The Morgan fingerprint density at radius 3 is 2.29 bits per heavy atom. The van der Waals surface area contributed by atoms with Gasteiger partial charge in [-0.25, -0.2) is 4.39 Å². The molecule has 1 unspecified atom stereocenters. The van der Waals surface area contributed by atoms with Crippen LogP contribution in [0.4, 0.5) is 4.39 Å². The highest BCUT2D eigenvalue weighted by Gasteiger charge is 2.29. The minimum absolute atomic E-state index is 0.218. The van der Waals surface area contributed by atoms with Crippen molar-refractivity contribution in [3.8, 4) is 11.8 Å². The van der Waals surface area contributed by atoms with E-state index in [1.165, 1.54) is 68.2 Å². The van der Waals surface area contributed by atoms with E-state index in [4.69, 9.17) is 0 Å². The fraction of sp³-hybridized carbons (Fsp3) is 0.407. The first-order chi connectivity index (χ1) is 13.7. The van der Waals surface area contributed by atoms with Gasteiger partial charge < -0.3 is 0 Å². The van der Waals surface area contributed by atoms with Gasteiger partial charge in [-0.05, 0) is 117 Å². The molecule has 1 heteroatoms. The Labute approximate surface area is 168 Å². The minimum Gasteiger partial charge on any atom is -0.207 e. The molecule has 2 aromatic rings. The summed E-state index contributed by atoms with van der Waals surface area (Å²) >= 11 is 0. The molecule has 0 aliphatic heterocycles. The maximum Gasteiger partial charge on any atom is 0.123 e. The van der Waals surface area contributed by atoms with Crippen LogP contribution in [-0.2, 0) is 12.8 Å². The lowest BCUT2D eigenvalue weighted by Crippen LogP contribution is -2.26. The zero-order valence-electron chi connectivity index (χ0n) is 16.8. The molecule has 2 aliphatic carbocycles. The summed E-state index contributed by atoms with van der Waals surface area (Å²) in [5, 5.41) is 0. The van der Waals surface area contributed by atoms with Crippen LogP contribution in [0.15, 0.2) is 54.6 Å². The van der Waals surface area contributed by atoms with Crippen molar-refractivity contribution in [1.82, 2.24) is 0 Å². The lowest BCUT2D eigenvalue weighted by atomic mass is 9.69. The van der Waals surface area contributed by atoms with Crippen molar-refractivity contribution in [1.29, 1.82) is 0 Å². The van der Waals surface area contributed by atoms with Crippen LogP contribution in [0.2, 0.25) is 0 Å². The third-order valence-corrected chi connectivity index (χ3v) is 6.62. The predicted molar refractivity (Wildman–Crippen MR) is 115 cm³/mol. The summed E-state index contributed by atoms with van der Waals surface area (Å²) in [6.07, 6.45) is 13.9. The second-order valence-corrected chi connectivity index (χ2v) is 8.44. The number of benzene rings is 2. The van der Waals surface area contributed by atoms with Crippen LogP contribution >= 0.6 is 0 Å². The largest absolute Gasteiger partial charge is 0.207 e. The molecule has 4 rings (SSSR count). The molecule has 0 spiro atoms. The highest BCUT2D eigenvalue weighted by molar-refractivity contribution is 5.46. The lowest BCUT2D eigenvalue weighted by molar-refractivity contribution is 0.206. The third-order valence-electron chi connectivity index (χ3n) is 6.62. The van der Waals surface area contributed by atoms with E-state index in [1.807, 2.05) is 0 Å². The predicted octanol–water partition coefficient (Wildman–Crippen LogP) is 6.71. The quantitative estimate of drug-likeness (QED) is 0.406. The van der Waals surface area contributed by atoms with Crippen LogP contribution in [0.25, 0.3) is 0 Å². The Morgan fingerprint density at radius 2 is 1.54 bits per heavy atom. The summed E-state index contributed by atoms with van der Waals surface area (Å²) in [4.78, 5) is 0. The summed E-state index contributed by atoms with van der Waals surface area (Å²) in [7, 11) is 0. The van der Waals surface area contributed by atoms with Gasteiger partial charge in [-0.2, -0.15) is 0 Å². The molecule has 0 heterocycles. The van der Waals surface area contributed by atoms with Gasteiger partial charge in [0.1, 0.15) is 5.82 Å². The Kier molecular flexibility index (Phi) is 5.96. The average Bonchev–Trinajstić information content (AvgIpc) is 2.74. The molecular formula is C27H29F. The molecule has 2 aliphatic rings. The molecule has 1 fully saturated rings. The van der Waals surface area contributed by atoms with Gasteiger partial charge in [-0.15, -0.1) is 0 Å². The Hall–Kier alpha value is -2.33. The number of allylic oxidation sites excluding steroid dienone is 2. The first-order valence-electron chi connectivity index (χ1n) is 10.7. The highest BCUT2D eigenvalue weighted by atomic mass is 19.1. The van der Waals surface area contributed by atoms with Crippen molar-refractivity contribution in [3.63, 3.8) is 0 Å². The number of halogens is 1. The standard InChI is InChI=1S/C27H29F/c1-2-3-20-6-11-23(12-7-20)25-15-14-24-18-22(8-13-26(24)19-25)5-4-21-9-16-27(28)17-10-21/h2-3,8-10,13,16-18,20,23,25H,6-7,11-12,14-15,19H2,1H3/b3-2+. The molecule has 0 radical (unpaired) electrons. The maximum atomic E-state index is 13.0. The van der Waals surface area contributed by atoms with Crippen molar-refractivity contribution >= 4 is 0 Å². The van der Waals surface area contributed by atoms with E-state index in [2.05, 4.69) is 49.1 Å². The summed E-state index contributed by atoms with van der Waals surface area (Å²) in [5.74, 6) is 8.76. The van der Waals surface area contributed by atoms with Crippen LogP contribution < -0.4 is 0 Å². The van der Waals surface area contributed by atoms with Gasteiger partial charge in [-0.3, -0.25) is 0 Å². The molecule has 0 amide bonds. The first kappa shape index (κ1) is 19.0. The Balaban J connectivity index is 1.40. The van der Waals surface area contributed by atoms with Gasteiger partial charge in [0.15, 0.2) is 0 Å². The summed E-state index contributed by atoms with van der Waals surface area (Å²) < 4.78 is 13.0. The third kappa shape index (κ3) is 4.56. The second kappa shape index (κ2) is 8.78. The van der Waals surface area contributed by atoms with Gasteiger partial charge in [0.05, 0.1) is 0 Å². The molecular weight excluding hydrogens is 343 g/mol. The first-order valence-corrected chi connectivity index (χ1v) is 10.7. The minimum atomic E-state index is -0.218. The molecule has 1 saturated carbocycles. The normalized spacial score (nSPS) is 24.4. The second-order valence-electron chi connectivity index (χ2n) is 8.44. The number of rotatable bonds is 2. The summed E-state index contributed by atoms with van der Waals surface area (Å²) in [6.45, 7) is 2.14. The van der Waals surface area contributed by atoms with E-state index in [1.54, 1.807) is 12.1 Å². The Morgan fingerprint density at radius 1 is 0.821 bits per heavy atom. The number of hydrogen-bond acceptors (Lipinski definition) is 0. The van der Waals surface area contributed by atoms with Crippen molar-refractivity contribution < 1.29 is 4.39 Å². The molecule has 28 heavy (non-hydrogen) atoms. The number of hydrogen-bond donors (Lipinski definition) is 0. The Bertz CT molecular complexity index is 886. The maximum absolute atomic E-state index is 13.0. The van der Waals surface area contributed by atoms with E-state index in [-0.39, 0.29) is 5.82 Å². The fourth-order valence-electron chi connectivity index (χ4n) is 5.02. The van der Waals surface area contributed by atoms with Crippen LogP contribution in [-0.4, -0.2) is 0 Å². The van der Waals surface area contributed by atoms with E-state index < -0.39 is 0 Å². The van der Waals surface area contributed by atoms with Gasteiger partial charge in [-0.1, -0.05) is 30.1 Å². The van der Waals surface area contributed by atoms with Crippen molar-refractivity contribution in [3.05, 3.63) is 82.7 Å². The van der Waals surface area contributed by atoms with E-state index in [0.717, 1.165) is 28.9 Å². The number of aryl methyl sites for hydroxylation is 1. The molecule has 0 nitrogen and oxygen atoms in total. The van der Waals surface area contributed by atoms with Gasteiger partial charge in [0.2, 0.25) is 0 Å². The molecule has 0 saturated heterocycles. The van der Waals surface area contributed by atoms with Crippen LogP contribution in [0.3, 0.4) is 0 Å². The van der Waals surface area contributed by atoms with E-state index >= 15 is 0 Å². The van der Waals surface area contributed by atoms with E-state index in [9.17, 15) is 4.39 Å². The highest BCUT2D eigenvalue weighted by Crippen LogP contribution is 2.40. The SMILES string of the molecule is C/C=C/C1CCC(C2CCc3cc(C#Cc4ccc(F)cc4)ccc3C2)CC1. The summed E-state index contributed by atoms with van der Waals surface area (Å²) in [6, 6.07) is 13.1. The van der Waals surface area contributed by atoms with Crippen LogP contribution in [0.5, 0.6) is 0 Å². The molecule has 0 bridgehead atoms. The monoisotopic (exact) mass is 372 g/mol. The zero-order valence-corrected chi connectivity index (χ0v) is 16.8. The smallest absolute Gasteiger partial charge is 0.123 e. The molecule has 2 aromatic carbocycles. The molecule has 1 atom stereocenters. The summed E-state index contributed by atoms with van der Waals surface area (Å²) in [5.41, 5.74) is 4.92. The molecule has 0 N–H and O–H groups in total. The van der Waals surface area contributed by atoms with Gasteiger partial charge >= 0.3 is 0 Å². The van der Waals surface area contributed by atoms with E-state index in [0.29, 0.717) is 0 Å². The topological polar surface area (TPSA) is 0 Å². The average molecular weight is 373 g/mol. The van der Waals surface area contributed by atoms with Crippen LogP contribution in [0, 0.1) is 35.4 Å². The lowest BCUT2D eigenvalue weighted by Gasteiger charge is -2.36. The van der Waals surface area contributed by atoms with Crippen molar-refractivity contribution in [2.45, 2.75) is 51.9 Å². The number of fused-ring (bicyclic) bond motifs is 1. The van der Waals surface area contributed by atoms with Crippen molar-refractivity contribution in [2.24, 2.45) is 17.8 Å². The molecule has 0 aromatic heterocycles. The van der Waals surface area contributed by atoms with Gasteiger partial charge in [0.25, 0.3) is 0 Å². The van der Waals surface area contributed by atoms with Crippen LogP contribution in [0.1, 0.15) is 61.3 Å².